The fourth-order valence-electron chi connectivity index (χ4n) is 8.22. The summed E-state index contributed by atoms with van der Waals surface area (Å²) in [6, 6.07) is 0. The second-order valence-electron chi connectivity index (χ2n) is 12.0. The fraction of sp³-hybridized carbons (Fsp3) is 0.926. The molecule has 4 aliphatic rings. The number of aliphatic hydroxyl groups excluding tert-OH is 1. The van der Waals surface area contributed by atoms with Crippen LogP contribution in [0.25, 0.3) is 0 Å². The van der Waals surface area contributed by atoms with Crippen LogP contribution in [-0.4, -0.2) is 11.2 Å². The topological polar surface area (TPSA) is 20.2 Å². The number of aliphatic hydroxyl groups is 1. The zero-order chi connectivity index (χ0) is 19.9. The molecule has 28 heavy (non-hydrogen) atoms. The minimum atomic E-state index is -0.0692. The second-order valence-corrected chi connectivity index (χ2v) is 12.0. The van der Waals surface area contributed by atoms with Gasteiger partial charge in [0.2, 0.25) is 0 Å². The van der Waals surface area contributed by atoms with E-state index in [0.29, 0.717) is 5.41 Å². The molecule has 0 amide bonds. The van der Waals surface area contributed by atoms with Crippen LogP contribution in [0.2, 0.25) is 0 Å². The van der Waals surface area contributed by atoms with Crippen molar-refractivity contribution in [3.8, 4) is 0 Å². The predicted octanol–water partition coefficient (Wildman–Crippen LogP) is 7.39. The first-order valence-corrected chi connectivity index (χ1v) is 12.8. The molecule has 0 aromatic heterocycles. The summed E-state index contributed by atoms with van der Waals surface area (Å²) in [6.45, 7) is 9.82. The Morgan fingerprint density at radius 3 is 2.57 bits per heavy atom. The molecule has 0 saturated heterocycles. The van der Waals surface area contributed by atoms with Gasteiger partial charge in [-0.2, -0.15) is 0 Å². The van der Waals surface area contributed by atoms with Gasteiger partial charge in [0.15, 0.2) is 0 Å². The van der Waals surface area contributed by atoms with Crippen molar-refractivity contribution in [2.75, 3.05) is 0 Å². The maximum atomic E-state index is 10.2. The van der Waals surface area contributed by atoms with Crippen LogP contribution in [0.3, 0.4) is 0 Å². The van der Waals surface area contributed by atoms with Crippen LogP contribution in [0.5, 0.6) is 0 Å². The summed E-state index contributed by atoms with van der Waals surface area (Å²) in [5, 5.41) is 10.2. The minimum absolute atomic E-state index is 0.0692. The maximum absolute atomic E-state index is 10.2. The molecule has 160 valence electrons. The number of hydrogen-bond donors (Lipinski definition) is 1. The molecule has 0 radical (unpaired) electrons. The molecule has 0 aromatic carbocycles. The summed E-state index contributed by atoms with van der Waals surface area (Å²) in [6.07, 6.45) is 18.8. The molecule has 1 heteroatoms. The molecule has 1 unspecified atom stereocenters. The van der Waals surface area contributed by atoms with Crippen LogP contribution in [0.4, 0.5) is 0 Å². The van der Waals surface area contributed by atoms with Gasteiger partial charge in [-0.25, -0.2) is 0 Å². The molecule has 3 fully saturated rings. The van der Waals surface area contributed by atoms with Gasteiger partial charge in [0.1, 0.15) is 0 Å². The summed E-state index contributed by atoms with van der Waals surface area (Å²) in [4.78, 5) is 0. The molecule has 3 saturated carbocycles. The van der Waals surface area contributed by atoms with E-state index in [4.69, 9.17) is 0 Å². The Morgan fingerprint density at radius 1 is 1.00 bits per heavy atom. The second kappa shape index (κ2) is 8.44. The summed E-state index contributed by atoms with van der Waals surface area (Å²) in [7, 11) is 0. The average Bonchev–Trinajstić information content (AvgIpc) is 3.05. The molecule has 4 aliphatic carbocycles. The quantitative estimate of drug-likeness (QED) is 0.472. The zero-order valence-corrected chi connectivity index (χ0v) is 19.1. The first kappa shape index (κ1) is 21.0. The lowest BCUT2D eigenvalue weighted by atomic mass is 9.50. The van der Waals surface area contributed by atoms with Crippen molar-refractivity contribution in [1.82, 2.24) is 0 Å². The van der Waals surface area contributed by atoms with Gasteiger partial charge in [-0.1, -0.05) is 58.6 Å². The summed E-state index contributed by atoms with van der Waals surface area (Å²) >= 11 is 0. The number of fused-ring (bicyclic) bond motifs is 5. The summed E-state index contributed by atoms with van der Waals surface area (Å²) < 4.78 is 0. The lowest BCUT2D eigenvalue weighted by molar-refractivity contribution is -0.0127. The number of rotatable bonds is 6. The maximum Gasteiger partial charge on any atom is 0.0577 e. The third-order valence-electron chi connectivity index (χ3n) is 9.73. The van der Waals surface area contributed by atoms with E-state index in [2.05, 4.69) is 33.8 Å². The van der Waals surface area contributed by atoms with Crippen LogP contribution in [-0.2, 0) is 0 Å². The SMILES string of the molecule is CC(C)CCC[C@@H](C)C[C@H]1CC[C@@H]2C1CC[C@H]1[C@H]2CC=C2C[C@@H](O)CC[C@@]21C. The average molecular weight is 387 g/mol. The molecule has 1 nitrogen and oxygen atoms in total. The van der Waals surface area contributed by atoms with E-state index < -0.39 is 0 Å². The van der Waals surface area contributed by atoms with Gasteiger partial charge in [0.25, 0.3) is 0 Å². The van der Waals surface area contributed by atoms with Crippen LogP contribution in [0.15, 0.2) is 11.6 Å². The Morgan fingerprint density at radius 2 is 1.79 bits per heavy atom. The standard InChI is InChI=1S/C27H46O/c1-18(2)6-5-7-19(3)16-20-8-10-24-23(20)12-13-26-25(24)11-9-21-17-22(28)14-15-27(21,26)4/h9,18-20,22-26,28H,5-8,10-17H2,1-4H3/t19-,20-,22+,23?,24-,25+,26+,27+/m1/s1. The van der Waals surface area contributed by atoms with Crippen molar-refractivity contribution in [2.45, 2.75) is 111 Å². The third kappa shape index (κ3) is 3.99. The summed E-state index contributed by atoms with van der Waals surface area (Å²) in [5.74, 6) is 6.70. The van der Waals surface area contributed by atoms with Crippen LogP contribution < -0.4 is 0 Å². The summed E-state index contributed by atoms with van der Waals surface area (Å²) in [5.41, 5.74) is 2.04. The molecule has 0 bridgehead atoms. The smallest absolute Gasteiger partial charge is 0.0577 e. The van der Waals surface area contributed by atoms with E-state index >= 15 is 0 Å². The molecule has 8 atom stereocenters. The zero-order valence-electron chi connectivity index (χ0n) is 19.1. The molecule has 0 aromatic rings. The largest absolute Gasteiger partial charge is 0.393 e. The molecule has 0 spiro atoms. The number of allylic oxidation sites excluding steroid dienone is 1. The highest BCUT2D eigenvalue weighted by atomic mass is 16.3. The van der Waals surface area contributed by atoms with Gasteiger partial charge < -0.3 is 5.11 Å². The van der Waals surface area contributed by atoms with Gasteiger partial charge >= 0.3 is 0 Å². The molecular formula is C27H46O. The molecule has 0 aliphatic heterocycles. The Hall–Kier alpha value is -0.300. The van der Waals surface area contributed by atoms with Crippen molar-refractivity contribution < 1.29 is 5.11 Å². The predicted molar refractivity (Wildman–Crippen MR) is 119 cm³/mol. The Labute approximate surface area is 174 Å². The highest BCUT2D eigenvalue weighted by Crippen LogP contribution is 2.62. The van der Waals surface area contributed by atoms with E-state index in [1.54, 1.807) is 5.57 Å². The minimum Gasteiger partial charge on any atom is -0.393 e. The molecule has 1 N–H and O–H groups in total. The van der Waals surface area contributed by atoms with Gasteiger partial charge in [-0.3, -0.25) is 0 Å². The Bertz CT molecular complexity index is 563. The van der Waals surface area contributed by atoms with Crippen molar-refractivity contribution in [3.05, 3.63) is 11.6 Å². The van der Waals surface area contributed by atoms with Crippen LogP contribution in [0.1, 0.15) is 105 Å². The fourth-order valence-corrected chi connectivity index (χ4v) is 8.22. The highest BCUT2D eigenvalue weighted by molar-refractivity contribution is 5.24. The molecular weight excluding hydrogens is 340 g/mol. The van der Waals surface area contributed by atoms with Gasteiger partial charge in [0.05, 0.1) is 6.10 Å². The molecule has 0 heterocycles. The lowest BCUT2D eigenvalue weighted by Gasteiger charge is -2.55. The van der Waals surface area contributed by atoms with Crippen LogP contribution >= 0.6 is 0 Å². The third-order valence-corrected chi connectivity index (χ3v) is 9.73. The van der Waals surface area contributed by atoms with E-state index in [1.807, 2.05) is 0 Å². The van der Waals surface area contributed by atoms with Gasteiger partial charge in [-0.05, 0) is 105 Å². The van der Waals surface area contributed by atoms with Gasteiger partial charge in [0, 0.05) is 0 Å². The van der Waals surface area contributed by atoms with Crippen molar-refractivity contribution in [2.24, 2.45) is 46.8 Å². The molecule has 4 rings (SSSR count). The van der Waals surface area contributed by atoms with E-state index in [1.165, 1.54) is 64.2 Å². The first-order chi connectivity index (χ1) is 13.4. The van der Waals surface area contributed by atoms with Gasteiger partial charge in [-0.15, -0.1) is 0 Å². The Balaban J connectivity index is 1.38. The Kier molecular flexibility index (Phi) is 6.32. The van der Waals surface area contributed by atoms with Crippen molar-refractivity contribution >= 4 is 0 Å². The van der Waals surface area contributed by atoms with Crippen molar-refractivity contribution in [1.29, 1.82) is 0 Å². The van der Waals surface area contributed by atoms with Crippen molar-refractivity contribution in [3.63, 3.8) is 0 Å². The first-order valence-electron chi connectivity index (χ1n) is 12.8. The van der Waals surface area contributed by atoms with E-state index in [-0.39, 0.29) is 6.10 Å². The van der Waals surface area contributed by atoms with E-state index in [9.17, 15) is 5.11 Å². The monoisotopic (exact) mass is 386 g/mol. The van der Waals surface area contributed by atoms with Crippen LogP contribution in [0, 0.1) is 46.8 Å². The normalized spacial score (nSPS) is 43.9. The van der Waals surface area contributed by atoms with E-state index in [0.717, 1.165) is 54.3 Å². The highest BCUT2D eigenvalue weighted by Gasteiger charge is 2.53. The lowest BCUT2D eigenvalue weighted by Crippen LogP contribution is -2.47. The number of hydrogen-bond acceptors (Lipinski definition) is 1.